The van der Waals surface area contributed by atoms with Gasteiger partial charge in [0.05, 0.1) is 11.4 Å². The summed E-state index contributed by atoms with van der Waals surface area (Å²) < 4.78 is 5.05. The Morgan fingerprint density at radius 3 is 2.89 bits per heavy atom. The van der Waals surface area contributed by atoms with Crippen LogP contribution in [0.1, 0.15) is 20.3 Å². The van der Waals surface area contributed by atoms with Gasteiger partial charge in [0.2, 0.25) is 5.91 Å². The van der Waals surface area contributed by atoms with Gasteiger partial charge in [-0.25, -0.2) is 0 Å². The van der Waals surface area contributed by atoms with Gasteiger partial charge in [-0.05, 0) is 19.1 Å². The number of anilines is 2. The fourth-order valence-electron chi connectivity index (χ4n) is 1.98. The Morgan fingerprint density at radius 1 is 1.50 bits per heavy atom. The van der Waals surface area contributed by atoms with E-state index in [-0.39, 0.29) is 17.9 Å². The molecule has 2 rings (SSSR count). The summed E-state index contributed by atoms with van der Waals surface area (Å²) >= 11 is 0. The third-order valence-corrected chi connectivity index (χ3v) is 3.03. The van der Waals surface area contributed by atoms with Crippen molar-refractivity contribution in [2.75, 3.05) is 17.3 Å². The number of carbonyl (C=O) groups is 2. The molecule has 0 radical (unpaired) electrons. The van der Waals surface area contributed by atoms with Crippen molar-refractivity contribution in [1.82, 2.24) is 0 Å². The molecule has 0 saturated carbocycles. The number of rotatable bonds is 1. The van der Waals surface area contributed by atoms with E-state index in [4.69, 9.17) is 4.74 Å². The summed E-state index contributed by atoms with van der Waals surface area (Å²) in [6.45, 7) is 3.34. The standard InChI is InChI=1S/C13H16N2O3/c1-8-6-13(17)14-11-5-4-10(18-9(2)16)7-12(11)15(8)3/h4-5,7-8H,6H2,1-3H3,(H,14,17)/t8-/m0/s1. The van der Waals surface area contributed by atoms with Crippen LogP contribution < -0.4 is 15.0 Å². The van der Waals surface area contributed by atoms with Crippen LogP contribution in [0.2, 0.25) is 0 Å². The number of benzene rings is 1. The fraction of sp³-hybridized carbons (Fsp3) is 0.385. The lowest BCUT2D eigenvalue weighted by atomic mass is 10.2. The molecule has 1 aliphatic rings. The van der Waals surface area contributed by atoms with Gasteiger partial charge in [0.25, 0.3) is 0 Å². The number of esters is 1. The molecule has 1 heterocycles. The molecule has 1 aromatic rings. The summed E-state index contributed by atoms with van der Waals surface area (Å²) in [5.74, 6) is 0.119. The quantitative estimate of drug-likeness (QED) is 0.608. The highest BCUT2D eigenvalue weighted by atomic mass is 16.5. The average Bonchev–Trinajstić information content (AvgIpc) is 2.38. The zero-order chi connectivity index (χ0) is 13.3. The van der Waals surface area contributed by atoms with Gasteiger partial charge in [-0.1, -0.05) is 0 Å². The van der Waals surface area contributed by atoms with Crippen LogP contribution in [0.25, 0.3) is 0 Å². The predicted octanol–water partition coefficient (Wildman–Crippen LogP) is 1.78. The molecule has 1 N–H and O–H groups in total. The van der Waals surface area contributed by atoms with Crippen LogP contribution in [-0.2, 0) is 9.59 Å². The van der Waals surface area contributed by atoms with E-state index in [0.717, 1.165) is 11.4 Å². The van der Waals surface area contributed by atoms with E-state index in [9.17, 15) is 9.59 Å². The molecule has 18 heavy (non-hydrogen) atoms. The second-order valence-electron chi connectivity index (χ2n) is 4.48. The summed E-state index contributed by atoms with van der Waals surface area (Å²) in [7, 11) is 1.92. The number of nitrogens with zero attached hydrogens (tertiary/aromatic N) is 1. The minimum atomic E-state index is -0.358. The van der Waals surface area contributed by atoms with Gasteiger partial charge in [-0.2, -0.15) is 0 Å². The number of carbonyl (C=O) groups excluding carboxylic acids is 2. The van der Waals surface area contributed by atoms with Gasteiger partial charge in [0.1, 0.15) is 5.75 Å². The SMILES string of the molecule is CC(=O)Oc1ccc2c(c1)N(C)[C@@H](C)CC(=O)N2. The van der Waals surface area contributed by atoms with E-state index in [1.807, 2.05) is 18.9 Å². The highest BCUT2D eigenvalue weighted by molar-refractivity contribution is 5.97. The van der Waals surface area contributed by atoms with Gasteiger partial charge >= 0.3 is 5.97 Å². The summed E-state index contributed by atoms with van der Waals surface area (Å²) in [6.07, 6.45) is 0.439. The minimum Gasteiger partial charge on any atom is -0.427 e. The van der Waals surface area contributed by atoms with Crippen LogP contribution >= 0.6 is 0 Å². The summed E-state index contributed by atoms with van der Waals surface area (Å²) in [5.41, 5.74) is 1.59. The van der Waals surface area contributed by atoms with Gasteiger partial charge in [0.15, 0.2) is 0 Å². The zero-order valence-electron chi connectivity index (χ0n) is 10.7. The van der Waals surface area contributed by atoms with Crippen molar-refractivity contribution >= 4 is 23.3 Å². The Morgan fingerprint density at radius 2 is 2.22 bits per heavy atom. The number of fused-ring (bicyclic) bond motifs is 1. The molecule has 1 aromatic carbocycles. The number of hydrogen-bond acceptors (Lipinski definition) is 4. The molecule has 1 amide bonds. The van der Waals surface area contributed by atoms with E-state index in [2.05, 4.69) is 5.32 Å². The smallest absolute Gasteiger partial charge is 0.308 e. The molecule has 5 nitrogen and oxygen atoms in total. The Balaban J connectivity index is 2.40. The summed E-state index contributed by atoms with van der Waals surface area (Å²) in [5, 5.41) is 2.84. The maximum absolute atomic E-state index is 11.6. The van der Waals surface area contributed by atoms with Gasteiger partial charge in [-0.15, -0.1) is 0 Å². The zero-order valence-corrected chi connectivity index (χ0v) is 10.7. The maximum atomic E-state index is 11.6. The Labute approximate surface area is 106 Å². The van der Waals surface area contributed by atoms with Crippen molar-refractivity contribution in [2.24, 2.45) is 0 Å². The number of ether oxygens (including phenoxy) is 1. The van der Waals surface area contributed by atoms with Crippen LogP contribution in [0.3, 0.4) is 0 Å². The van der Waals surface area contributed by atoms with Crippen molar-refractivity contribution in [3.63, 3.8) is 0 Å². The molecule has 1 atom stereocenters. The summed E-state index contributed by atoms with van der Waals surface area (Å²) in [4.78, 5) is 24.6. The van der Waals surface area contributed by atoms with Crippen molar-refractivity contribution < 1.29 is 14.3 Å². The molecule has 0 fully saturated rings. The Hall–Kier alpha value is -2.04. The molecule has 0 aromatic heterocycles. The predicted molar refractivity (Wildman–Crippen MR) is 68.9 cm³/mol. The highest BCUT2D eigenvalue weighted by Crippen LogP contribution is 2.33. The first-order valence-electron chi connectivity index (χ1n) is 5.82. The Kier molecular flexibility index (Phi) is 3.23. The van der Waals surface area contributed by atoms with Gasteiger partial charge in [-0.3, -0.25) is 9.59 Å². The second kappa shape index (κ2) is 4.68. The number of hydrogen-bond donors (Lipinski definition) is 1. The number of amides is 1. The van der Waals surface area contributed by atoms with E-state index in [1.54, 1.807) is 18.2 Å². The van der Waals surface area contributed by atoms with Crippen LogP contribution in [0.5, 0.6) is 5.75 Å². The Bertz CT molecular complexity index is 499. The van der Waals surface area contributed by atoms with E-state index in [1.165, 1.54) is 6.92 Å². The second-order valence-corrected chi connectivity index (χ2v) is 4.48. The normalized spacial score (nSPS) is 18.7. The van der Waals surface area contributed by atoms with Crippen LogP contribution in [0.15, 0.2) is 18.2 Å². The lowest BCUT2D eigenvalue weighted by Crippen LogP contribution is -2.29. The minimum absolute atomic E-state index is 0.00617. The molecular weight excluding hydrogens is 232 g/mol. The molecule has 0 aliphatic carbocycles. The first kappa shape index (κ1) is 12.4. The molecule has 96 valence electrons. The van der Waals surface area contributed by atoms with E-state index >= 15 is 0 Å². The lowest BCUT2D eigenvalue weighted by Gasteiger charge is -2.25. The molecule has 1 aliphatic heterocycles. The van der Waals surface area contributed by atoms with E-state index < -0.39 is 0 Å². The van der Waals surface area contributed by atoms with Crippen LogP contribution in [0.4, 0.5) is 11.4 Å². The first-order valence-corrected chi connectivity index (χ1v) is 5.82. The first-order chi connectivity index (χ1) is 8.47. The third kappa shape index (κ3) is 2.45. The molecule has 0 saturated heterocycles. The molecule has 0 bridgehead atoms. The third-order valence-electron chi connectivity index (χ3n) is 3.03. The van der Waals surface area contributed by atoms with Crippen molar-refractivity contribution in [3.8, 4) is 5.75 Å². The topological polar surface area (TPSA) is 58.6 Å². The fourth-order valence-corrected chi connectivity index (χ4v) is 1.98. The molecular formula is C13H16N2O3. The molecule has 0 unspecified atom stereocenters. The lowest BCUT2D eigenvalue weighted by molar-refractivity contribution is -0.131. The largest absolute Gasteiger partial charge is 0.427 e. The number of nitrogens with one attached hydrogen (secondary N) is 1. The average molecular weight is 248 g/mol. The van der Waals surface area contributed by atoms with Gasteiger partial charge < -0.3 is 15.0 Å². The molecule has 0 spiro atoms. The monoisotopic (exact) mass is 248 g/mol. The van der Waals surface area contributed by atoms with Crippen LogP contribution in [-0.4, -0.2) is 25.0 Å². The highest BCUT2D eigenvalue weighted by Gasteiger charge is 2.22. The molecule has 5 heteroatoms. The van der Waals surface area contributed by atoms with Crippen LogP contribution in [0, 0.1) is 0 Å². The summed E-state index contributed by atoms with van der Waals surface area (Å²) in [6, 6.07) is 5.28. The van der Waals surface area contributed by atoms with Crippen molar-refractivity contribution in [3.05, 3.63) is 18.2 Å². The van der Waals surface area contributed by atoms with Crippen molar-refractivity contribution in [2.45, 2.75) is 26.3 Å². The maximum Gasteiger partial charge on any atom is 0.308 e. The van der Waals surface area contributed by atoms with Crippen molar-refractivity contribution in [1.29, 1.82) is 0 Å². The van der Waals surface area contributed by atoms with Gasteiger partial charge in [0, 0.05) is 32.5 Å². The van der Waals surface area contributed by atoms with E-state index in [0.29, 0.717) is 12.2 Å².